The second-order valence-electron chi connectivity index (χ2n) is 5.87. The summed E-state index contributed by atoms with van der Waals surface area (Å²) in [7, 11) is 1.75. The number of ether oxygens (including phenoxy) is 2. The van der Waals surface area contributed by atoms with Gasteiger partial charge in [-0.3, -0.25) is 0 Å². The van der Waals surface area contributed by atoms with Crippen molar-refractivity contribution in [2.45, 2.75) is 70.6 Å². The molecule has 0 aliphatic heterocycles. The van der Waals surface area contributed by atoms with Crippen LogP contribution >= 0.6 is 0 Å². The fraction of sp³-hybridized carbons (Fsp3) is 1.00. The first kappa shape index (κ1) is 14.9. The van der Waals surface area contributed by atoms with Crippen LogP contribution < -0.4 is 5.73 Å². The van der Waals surface area contributed by atoms with Gasteiger partial charge in [0.15, 0.2) is 0 Å². The molecule has 1 rings (SSSR count). The van der Waals surface area contributed by atoms with Gasteiger partial charge in [-0.2, -0.15) is 0 Å². The highest BCUT2D eigenvalue weighted by molar-refractivity contribution is 4.83. The molecule has 2 N–H and O–H groups in total. The zero-order valence-electron chi connectivity index (χ0n) is 11.9. The maximum absolute atomic E-state index is 6.12. The van der Waals surface area contributed by atoms with Crippen molar-refractivity contribution in [2.75, 3.05) is 13.7 Å². The third-order valence-electron chi connectivity index (χ3n) is 4.12. The monoisotopic (exact) mass is 243 g/mol. The second kappa shape index (κ2) is 6.72. The van der Waals surface area contributed by atoms with Crippen molar-refractivity contribution in [3.05, 3.63) is 0 Å². The Bertz CT molecular complexity index is 218. The predicted octanol–water partition coefficient (Wildman–Crippen LogP) is 2.72. The fourth-order valence-corrected chi connectivity index (χ4v) is 2.36. The molecule has 3 atom stereocenters. The molecule has 0 aromatic rings. The molecule has 0 aromatic carbocycles. The molecule has 0 heterocycles. The topological polar surface area (TPSA) is 44.5 Å². The van der Waals surface area contributed by atoms with Crippen LogP contribution in [-0.2, 0) is 9.47 Å². The van der Waals surface area contributed by atoms with E-state index in [1.807, 2.05) is 0 Å². The summed E-state index contributed by atoms with van der Waals surface area (Å²) < 4.78 is 11.3. The summed E-state index contributed by atoms with van der Waals surface area (Å²) in [6.45, 7) is 7.18. The first-order valence-electron chi connectivity index (χ1n) is 6.91. The molecule has 3 nitrogen and oxygen atoms in total. The molecule has 3 heteroatoms. The maximum atomic E-state index is 6.12. The molecule has 1 fully saturated rings. The van der Waals surface area contributed by atoms with Crippen LogP contribution in [0.2, 0.25) is 0 Å². The molecule has 0 bridgehead atoms. The third-order valence-corrected chi connectivity index (χ3v) is 4.12. The van der Waals surface area contributed by atoms with Crippen LogP contribution in [0.4, 0.5) is 0 Å². The highest BCUT2D eigenvalue weighted by atomic mass is 16.5. The van der Waals surface area contributed by atoms with Gasteiger partial charge in [-0.25, -0.2) is 0 Å². The van der Waals surface area contributed by atoms with E-state index >= 15 is 0 Å². The minimum atomic E-state index is -0.0943. The van der Waals surface area contributed by atoms with Crippen molar-refractivity contribution in [3.8, 4) is 0 Å². The Balaban J connectivity index is 2.29. The highest BCUT2D eigenvalue weighted by Crippen LogP contribution is 2.28. The van der Waals surface area contributed by atoms with Gasteiger partial charge in [-0.15, -0.1) is 0 Å². The maximum Gasteiger partial charge on any atom is 0.0728 e. The first-order chi connectivity index (χ1) is 7.98. The summed E-state index contributed by atoms with van der Waals surface area (Å²) in [6.07, 6.45) is 5.92. The third kappa shape index (κ3) is 4.94. The average molecular weight is 243 g/mol. The Morgan fingerprint density at radius 3 is 2.59 bits per heavy atom. The smallest absolute Gasteiger partial charge is 0.0728 e. The van der Waals surface area contributed by atoms with Gasteiger partial charge < -0.3 is 15.2 Å². The fourth-order valence-electron chi connectivity index (χ4n) is 2.36. The molecule has 0 spiro atoms. The quantitative estimate of drug-likeness (QED) is 0.780. The Labute approximate surface area is 106 Å². The van der Waals surface area contributed by atoms with Crippen LogP contribution in [0.15, 0.2) is 0 Å². The lowest BCUT2D eigenvalue weighted by Gasteiger charge is -2.34. The van der Waals surface area contributed by atoms with Gasteiger partial charge in [0.25, 0.3) is 0 Å². The Kier molecular flexibility index (Phi) is 5.90. The van der Waals surface area contributed by atoms with Crippen LogP contribution in [-0.4, -0.2) is 31.5 Å². The first-order valence-corrected chi connectivity index (χ1v) is 6.91. The number of methoxy groups -OCH3 is 1. The molecule has 0 amide bonds. The van der Waals surface area contributed by atoms with Crippen molar-refractivity contribution >= 4 is 0 Å². The van der Waals surface area contributed by atoms with Crippen LogP contribution in [0.25, 0.3) is 0 Å². The van der Waals surface area contributed by atoms with Crippen molar-refractivity contribution < 1.29 is 9.47 Å². The van der Waals surface area contributed by atoms with E-state index in [2.05, 4.69) is 20.8 Å². The highest BCUT2D eigenvalue weighted by Gasteiger charge is 2.28. The summed E-state index contributed by atoms with van der Waals surface area (Å²) >= 11 is 0. The average Bonchev–Trinajstić information content (AvgIpc) is 2.31. The summed E-state index contributed by atoms with van der Waals surface area (Å²) in [6, 6.07) is 0.225. The van der Waals surface area contributed by atoms with Gasteiger partial charge in [0.2, 0.25) is 0 Å². The minimum absolute atomic E-state index is 0.0943. The van der Waals surface area contributed by atoms with E-state index < -0.39 is 0 Å². The van der Waals surface area contributed by atoms with Crippen LogP contribution in [0.1, 0.15) is 52.9 Å². The van der Waals surface area contributed by atoms with Gasteiger partial charge in [0.1, 0.15) is 0 Å². The van der Waals surface area contributed by atoms with E-state index in [1.165, 1.54) is 12.8 Å². The Morgan fingerprint density at radius 2 is 2.00 bits per heavy atom. The minimum Gasteiger partial charge on any atom is -0.379 e. The molecule has 17 heavy (non-hydrogen) atoms. The van der Waals surface area contributed by atoms with E-state index in [4.69, 9.17) is 15.2 Å². The van der Waals surface area contributed by atoms with E-state index in [-0.39, 0.29) is 17.7 Å². The number of rotatable bonds is 6. The summed E-state index contributed by atoms with van der Waals surface area (Å²) in [5.74, 6) is 0.801. The standard InChI is InChI=1S/C14H29NO2/c1-5-11-6-7-12(15)13(10-11)17-9-8-14(2,3)16-4/h11-13H,5-10,15H2,1-4H3. The lowest BCUT2D eigenvalue weighted by atomic mass is 9.83. The number of nitrogens with two attached hydrogens (primary N) is 1. The zero-order chi connectivity index (χ0) is 12.9. The summed E-state index contributed by atoms with van der Waals surface area (Å²) in [5.41, 5.74) is 6.03. The van der Waals surface area contributed by atoms with Gasteiger partial charge in [-0.05, 0) is 45.4 Å². The largest absolute Gasteiger partial charge is 0.379 e. The number of hydrogen-bond acceptors (Lipinski definition) is 3. The van der Waals surface area contributed by atoms with Gasteiger partial charge in [0, 0.05) is 19.8 Å². The van der Waals surface area contributed by atoms with E-state index in [0.717, 1.165) is 31.8 Å². The molecule has 3 unspecified atom stereocenters. The Hall–Kier alpha value is -0.120. The van der Waals surface area contributed by atoms with Gasteiger partial charge in [-0.1, -0.05) is 13.3 Å². The Morgan fingerprint density at radius 1 is 1.29 bits per heavy atom. The number of hydrogen-bond donors (Lipinski definition) is 1. The predicted molar refractivity (Wildman–Crippen MR) is 71.1 cm³/mol. The molecule has 1 saturated carbocycles. The van der Waals surface area contributed by atoms with E-state index in [0.29, 0.717) is 0 Å². The van der Waals surface area contributed by atoms with Crippen molar-refractivity contribution in [1.82, 2.24) is 0 Å². The van der Waals surface area contributed by atoms with Crippen LogP contribution in [0.3, 0.4) is 0 Å². The van der Waals surface area contributed by atoms with Crippen molar-refractivity contribution in [1.29, 1.82) is 0 Å². The summed E-state index contributed by atoms with van der Waals surface area (Å²) in [4.78, 5) is 0. The molecule has 1 aliphatic carbocycles. The molecular formula is C14H29NO2. The van der Waals surface area contributed by atoms with Gasteiger partial charge in [0.05, 0.1) is 11.7 Å². The molecular weight excluding hydrogens is 214 g/mol. The lowest BCUT2D eigenvalue weighted by Crippen LogP contribution is -2.42. The van der Waals surface area contributed by atoms with Crippen molar-refractivity contribution in [3.63, 3.8) is 0 Å². The second-order valence-corrected chi connectivity index (χ2v) is 5.87. The summed E-state index contributed by atoms with van der Waals surface area (Å²) in [5, 5.41) is 0. The van der Waals surface area contributed by atoms with E-state index in [1.54, 1.807) is 7.11 Å². The van der Waals surface area contributed by atoms with E-state index in [9.17, 15) is 0 Å². The molecule has 0 radical (unpaired) electrons. The van der Waals surface area contributed by atoms with Crippen LogP contribution in [0, 0.1) is 5.92 Å². The van der Waals surface area contributed by atoms with Gasteiger partial charge >= 0.3 is 0 Å². The van der Waals surface area contributed by atoms with Crippen LogP contribution in [0.5, 0.6) is 0 Å². The molecule has 1 aliphatic rings. The van der Waals surface area contributed by atoms with Crippen molar-refractivity contribution in [2.24, 2.45) is 11.7 Å². The molecule has 102 valence electrons. The zero-order valence-corrected chi connectivity index (χ0v) is 11.9. The molecule has 0 aromatic heterocycles. The SMILES string of the molecule is CCC1CCC(N)C(OCCC(C)(C)OC)C1. The lowest BCUT2D eigenvalue weighted by molar-refractivity contribution is -0.0453. The molecule has 0 saturated heterocycles. The normalized spacial score (nSPS) is 30.5.